The van der Waals surface area contributed by atoms with Crippen LogP contribution >= 0.6 is 24.0 Å². The van der Waals surface area contributed by atoms with Gasteiger partial charge in [0.25, 0.3) is 0 Å². The lowest BCUT2D eigenvalue weighted by Gasteiger charge is -2.41. The van der Waals surface area contributed by atoms with Gasteiger partial charge < -0.3 is 16.0 Å². The van der Waals surface area contributed by atoms with Crippen LogP contribution in [0.5, 0.6) is 0 Å². The van der Waals surface area contributed by atoms with Crippen LogP contribution in [-0.4, -0.2) is 55.5 Å². The fourth-order valence-electron chi connectivity index (χ4n) is 3.19. The maximum absolute atomic E-state index is 12.2. The van der Waals surface area contributed by atoms with E-state index in [1.165, 1.54) is 19.3 Å². The summed E-state index contributed by atoms with van der Waals surface area (Å²) in [5.74, 6) is 3.03. The van der Waals surface area contributed by atoms with Gasteiger partial charge in [0.1, 0.15) is 0 Å². The van der Waals surface area contributed by atoms with Crippen molar-refractivity contribution in [3.63, 3.8) is 0 Å². The van der Waals surface area contributed by atoms with Crippen LogP contribution in [0.2, 0.25) is 0 Å². The summed E-state index contributed by atoms with van der Waals surface area (Å²) in [7, 11) is 1.71. The molecule has 1 heterocycles. The Balaban J connectivity index is 0.00000392. The molecule has 0 atom stereocenters. The number of aliphatic imine (C=N–C) groups is 1. The van der Waals surface area contributed by atoms with Crippen molar-refractivity contribution >= 4 is 41.5 Å². The number of halogens is 1. The number of hydrogen-bond donors (Lipinski definition) is 3. The molecule has 1 aromatic rings. The van der Waals surface area contributed by atoms with Crippen LogP contribution in [0.15, 0.2) is 29.3 Å². The summed E-state index contributed by atoms with van der Waals surface area (Å²) in [4.78, 5) is 18.9. The van der Waals surface area contributed by atoms with E-state index in [1.807, 2.05) is 18.2 Å². The summed E-state index contributed by atoms with van der Waals surface area (Å²) in [5, 5.41) is 9.23. The van der Waals surface area contributed by atoms with Crippen LogP contribution in [0.25, 0.3) is 0 Å². The molecule has 0 aromatic heterocycles. The molecule has 0 aliphatic carbocycles. The Labute approximate surface area is 186 Å². The Bertz CT molecular complexity index is 705. The van der Waals surface area contributed by atoms with Gasteiger partial charge in [-0.05, 0) is 58.0 Å². The molecule has 0 saturated carbocycles. The van der Waals surface area contributed by atoms with E-state index in [-0.39, 0.29) is 42.0 Å². The maximum Gasteiger partial charge on any atom is 0.243 e. The van der Waals surface area contributed by atoms with Crippen molar-refractivity contribution in [1.29, 1.82) is 0 Å². The number of likely N-dealkylation sites (tertiary alicyclic amines) is 1. The average molecular weight is 497 g/mol. The lowest BCUT2D eigenvalue weighted by molar-refractivity contribution is -0.115. The van der Waals surface area contributed by atoms with Crippen molar-refractivity contribution in [2.75, 3.05) is 38.5 Å². The number of anilines is 1. The number of amides is 1. The lowest BCUT2D eigenvalue weighted by atomic mass is 9.98. The second kappa shape index (κ2) is 11.9. The van der Waals surface area contributed by atoms with Gasteiger partial charge in [-0.1, -0.05) is 18.4 Å². The minimum atomic E-state index is -0.151. The number of carbonyl (C=O) groups excluding carboxylic acids is 1. The van der Waals surface area contributed by atoms with Gasteiger partial charge in [-0.2, -0.15) is 0 Å². The summed E-state index contributed by atoms with van der Waals surface area (Å²) in [6.07, 6.45) is 9.23. The van der Waals surface area contributed by atoms with E-state index in [2.05, 4.69) is 45.6 Å². The molecule has 0 bridgehead atoms. The summed E-state index contributed by atoms with van der Waals surface area (Å²) in [6.45, 7) is 7.65. The van der Waals surface area contributed by atoms with E-state index >= 15 is 0 Å². The zero-order valence-corrected chi connectivity index (χ0v) is 19.4. The van der Waals surface area contributed by atoms with Crippen LogP contribution in [0, 0.1) is 12.3 Å². The second-order valence-electron chi connectivity index (χ2n) is 7.41. The molecule has 0 radical (unpaired) electrons. The van der Waals surface area contributed by atoms with Crippen molar-refractivity contribution in [2.24, 2.45) is 4.99 Å². The minimum Gasteiger partial charge on any atom is -0.355 e. The predicted molar refractivity (Wildman–Crippen MR) is 127 cm³/mol. The van der Waals surface area contributed by atoms with Gasteiger partial charge in [0.05, 0.1) is 6.54 Å². The number of guanidine groups is 1. The third-order valence-electron chi connectivity index (χ3n) is 4.85. The topological polar surface area (TPSA) is 68.8 Å². The van der Waals surface area contributed by atoms with Crippen LogP contribution in [0.1, 0.15) is 38.7 Å². The molecule has 154 valence electrons. The van der Waals surface area contributed by atoms with Gasteiger partial charge in [0.15, 0.2) is 5.96 Å². The summed E-state index contributed by atoms with van der Waals surface area (Å²) >= 11 is 0. The molecule has 28 heavy (non-hydrogen) atoms. The first kappa shape index (κ1) is 24.2. The van der Waals surface area contributed by atoms with Crippen molar-refractivity contribution < 1.29 is 4.79 Å². The molecule has 0 unspecified atom stereocenters. The Hall–Kier alpha value is -1.79. The van der Waals surface area contributed by atoms with E-state index in [1.54, 1.807) is 13.1 Å². The third kappa shape index (κ3) is 7.68. The molecule has 1 amide bonds. The quantitative estimate of drug-likeness (QED) is 0.245. The summed E-state index contributed by atoms with van der Waals surface area (Å²) in [6, 6.07) is 7.23. The third-order valence-corrected chi connectivity index (χ3v) is 4.85. The highest BCUT2D eigenvalue weighted by Crippen LogP contribution is 2.19. The number of terminal acetylenes is 1. The van der Waals surface area contributed by atoms with Crippen LogP contribution in [-0.2, 0) is 4.79 Å². The Morgan fingerprint density at radius 3 is 2.61 bits per heavy atom. The first-order valence-electron chi connectivity index (χ1n) is 9.51. The number of nitrogens with one attached hydrogen (secondary N) is 3. The number of benzene rings is 1. The monoisotopic (exact) mass is 497 g/mol. The highest BCUT2D eigenvalue weighted by atomic mass is 127. The molecule has 7 heteroatoms. The minimum absolute atomic E-state index is 0. The molecule has 1 aliphatic heterocycles. The normalized spacial score (nSPS) is 15.1. The average Bonchev–Trinajstić information content (AvgIpc) is 2.69. The predicted octanol–water partition coefficient (Wildman–Crippen LogP) is 2.65. The zero-order valence-electron chi connectivity index (χ0n) is 17.0. The van der Waals surface area contributed by atoms with Gasteiger partial charge in [-0.15, -0.1) is 30.4 Å². The molecular formula is C21H32IN5O. The highest BCUT2D eigenvalue weighted by molar-refractivity contribution is 14.0. The Morgan fingerprint density at radius 1 is 1.25 bits per heavy atom. The number of piperidine rings is 1. The zero-order chi connectivity index (χ0) is 19.7. The molecule has 6 nitrogen and oxygen atoms in total. The molecule has 0 spiro atoms. The van der Waals surface area contributed by atoms with Gasteiger partial charge in [-0.25, -0.2) is 0 Å². The van der Waals surface area contributed by atoms with Gasteiger partial charge in [-0.3, -0.25) is 14.7 Å². The standard InChI is InChI=1S/C21H31N5O.HI/c1-5-17-10-9-11-18(14-17)25-19(27)15-23-20(22-4)24-16-21(2,3)26-12-7-6-8-13-26;/h1,9-11,14H,6-8,12-13,15-16H2,2-4H3,(H,25,27)(H2,22,23,24);1H. The second-order valence-corrected chi connectivity index (χ2v) is 7.41. The molecule has 3 N–H and O–H groups in total. The molecule has 2 rings (SSSR count). The van der Waals surface area contributed by atoms with E-state index in [0.29, 0.717) is 11.6 Å². The Kier molecular flexibility index (Phi) is 10.3. The smallest absolute Gasteiger partial charge is 0.243 e. The lowest BCUT2D eigenvalue weighted by Crippen LogP contribution is -2.55. The molecule has 1 saturated heterocycles. The fraction of sp³-hybridized carbons (Fsp3) is 0.524. The highest BCUT2D eigenvalue weighted by Gasteiger charge is 2.27. The molecule has 1 aromatic carbocycles. The van der Waals surface area contributed by atoms with Crippen molar-refractivity contribution in [2.45, 2.75) is 38.6 Å². The molecule has 1 fully saturated rings. The van der Waals surface area contributed by atoms with Crippen molar-refractivity contribution in [3.05, 3.63) is 29.8 Å². The number of hydrogen-bond acceptors (Lipinski definition) is 3. The van der Waals surface area contributed by atoms with E-state index in [4.69, 9.17) is 6.42 Å². The van der Waals surface area contributed by atoms with Gasteiger partial charge in [0, 0.05) is 30.4 Å². The number of rotatable bonds is 6. The van der Waals surface area contributed by atoms with E-state index < -0.39 is 0 Å². The first-order chi connectivity index (χ1) is 12.9. The van der Waals surface area contributed by atoms with Crippen LogP contribution < -0.4 is 16.0 Å². The number of nitrogens with zero attached hydrogens (tertiary/aromatic N) is 2. The fourth-order valence-corrected chi connectivity index (χ4v) is 3.19. The van der Waals surface area contributed by atoms with Gasteiger partial charge >= 0.3 is 0 Å². The van der Waals surface area contributed by atoms with Crippen LogP contribution in [0.4, 0.5) is 5.69 Å². The molecular weight excluding hydrogens is 465 g/mol. The first-order valence-corrected chi connectivity index (χ1v) is 9.51. The summed E-state index contributed by atoms with van der Waals surface area (Å²) in [5.41, 5.74) is 1.46. The van der Waals surface area contributed by atoms with E-state index in [9.17, 15) is 4.79 Å². The molecule has 1 aliphatic rings. The van der Waals surface area contributed by atoms with Crippen molar-refractivity contribution in [1.82, 2.24) is 15.5 Å². The van der Waals surface area contributed by atoms with E-state index in [0.717, 1.165) is 25.2 Å². The largest absolute Gasteiger partial charge is 0.355 e. The summed E-state index contributed by atoms with van der Waals surface area (Å²) < 4.78 is 0. The number of carbonyl (C=O) groups is 1. The van der Waals surface area contributed by atoms with Crippen molar-refractivity contribution in [3.8, 4) is 12.3 Å². The maximum atomic E-state index is 12.2. The Morgan fingerprint density at radius 2 is 1.96 bits per heavy atom. The SMILES string of the molecule is C#Cc1cccc(NC(=O)CNC(=NC)NCC(C)(C)N2CCCCC2)c1.I. The van der Waals surface area contributed by atoms with Crippen LogP contribution in [0.3, 0.4) is 0 Å². The van der Waals surface area contributed by atoms with Gasteiger partial charge in [0.2, 0.25) is 5.91 Å².